The van der Waals surface area contributed by atoms with Crippen LogP contribution in [0.25, 0.3) is 0 Å². The van der Waals surface area contributed by atoms with Gasteiger partial charge in [0.25, 0.3) is 0 Å². The first-order chi connectivity index (χ1) is 7.66. The third-order valence-electron chi connectivity index (χ3n) is 2.40. The van der Waals surface area contributed by atoms with Gasteiger partial charge in [0.05, 0.1) is 12.5 Å². The van der Waals surface area contributed by atoms with Crippen molar-refractivity contribution in [3.63, 3.8) is 0 Å². The molecule has 0 radical (unpaired) electrons. The molecule has 1 aliphatic heterocycles. The molecule has 5 heteroatoms. The molecule has 1 aromatic rings. The number of pyridine rings is 1. The Hall–Kier alpha value is -1.91. The van der Waals surface area contributed by atoms with Crippen LogP contribution in [0.1, 0.15) is 18.0 Å². The second-order valence-electron chi connectivity index (χ2n) is 3.90. The lowest BCUT2D eigenvalue weighted by Gasteiger charge is -2.24. The van der Waals surface area contributed by atoms with Crippen molar-refractivity contribution in [2.75, 3.05) is 14.1 Å². The molecule has 0 spiro atoms. The minimum Gasteiger partial charge on any atom is -0.349 e. The minimum absolute atomic E-state index is 0.00690. The summed E-state index contributed by atoms with van der Waals surface area (Å²) in [6.07, 6.45) is 3.84. The summed E-state index contributed by atoms with van der Waals surface area (Å²) in [4.78, 5) is 21.8. The summed E-state index contributed by atoms with van der Waals surface area (Å²) < 4.78 is 0. The average Bonchev–Trinajstić information content (AvgIpc) is 2.29. The number of carbonyl (C=O) groups is 1. The molecular formula is C11H14N4O. The smallest absolute Gasteiger partial charge is 0.229 e. The highest BCUT2D eigenvalue weighted by Gasteiger charge is 2.23. The molecule has 1 aliphatic rings. The minimum atomic E-state index is -0.125. The van der Waals surface area contributed by atoms with E-state index in [1.165, 1.54) is 0 Å². The first-order valence-electron chi connectivity index (χ1n) is 5.11. The number of guanidine groups is 1. The second kappa shape index (κ2) is 4.30. The van der Waals surface area contributed by atoms with Crippen molar-refractivity contribution < 1.29 is 4.79 Å². The maximum atomic E-state index is 11.5. The first kappa shape index (κ1) is 10.6. The number of hydrogen-bond acceptors (Lipinski definition) is 4. The predicted octanol–water partition coefficient (Wildman–Crippen LogP) is 0.560. The van der Waals surface area contributed by atoms with Crippen LogP contribution in [0.4, 0.5) is 0 Å². The van der Waals surface area contributed by atoms with Gasteiger partial charge in [-0.05, 0) is 11.6 Å². The van der Waals surface area contributed by atoms with Gasteiger partial charge in [0, 0.05) is 26.5 Å². The van der Waals surface area contributed by atoms with Crippen molar-refractivity contribution in [1.82, 2.24) is 15.2 Å². The highest BCUT2D eigenvalue weighted by atomic mass is 16.2. The number of aromatic nitrogens is 1. The third kappa shape index (κ3) is 2.18. The molecule has 1 unspecified atom stereocenters. The van der Waals surface area contributed by atoms with Crippen LogP contribution in [0.15, 0.2) is 29.5 Å². The zero-order chi connectivity index (χ0) is 11.5. The van der Waals surface area contributed by atoms with Gasteiger partial charge in [-0.15, -0.1) is 0 Å². The van der Waals surface area contributed by atoms with Crippen LogP contribution in [-0.2, 0) is 4.79 Å². The number of hydrogen-bond donors (Lipinski definition) is 1. The highest BCUT2D eigenvalue weighted by Crippen LogP contribution is 2.22. The van der Waals surface area contributed by atoms with E-state index in [9.17, 15) is 4.79 Å². The second-order valence-corrected chi connectivity index (χ2v) is 3.90. The molecule has 2 heterocycles. The summed E-state index contributed by atoms with van der Waals surface area (Å²) in [6.45, 7) is 0. The number of rotatable bonds is 1. The van der Waals surface area contributed by atoms with Gasteiger partial charge in [0.2, 0.25) is 11.9 Å². The molecule has 1 amide bonds. The Morgan fingerprint density at radius 2 is 2.31 bits per heavy atom. The van der Waals surface area contributed by atoms with Crippen molar-refractivity contribution in [3.05, 3.63) is 30.1 Å². The fraction of sp³-hybridized carbons (Fsp3) is 0.364. The molecule has 0 saturated heterocycles. The Morgan fingerprint density at radius 1 is 1.50 bits per heavy atom. The van der Waals surface area contributed by atoms with E-state index in [1.807, 2.05) is 26.2 Å². The van der Waals surface area contributed by atoms with E-state index in [2.05, 4.69) is 15.3 Å². The Balaban J connectivity index is 2.28. The van der Waals surface area contributed by atoms with Crippen LogP contribution < -0.4 is 5.32 Å². The zero-order valence-corrected chi connectivity index (χ0v) is 9.34. The molecule has 1 atom stereocenters. The Kier molecular flexibility index (Phi) is 2.85. The molecule has 0 aliphatic carbocycles. The van der Waals surface area contributed by atoms with Crippen LogP contribution in [0.3, 0.4) is 0 Å². The summed E-state index contributed by atoms with van der Waals surface area (Å²) in [5, 5.41) is 2.73. The molecule has 0 aromatic carbocycles. The number of nitrogens with zero attached hydrogens (tertiary/aromatic N) is 3. The number of aliphatic imine (C=N–C) groups is 1. The highest BCUT2D eigenvalue weighted by molar-refractivity contribution is 5.99. The van der Waals surface area contributed by atoms with E-state index >= 15 is 0 Å². The van der Waals surface area contributed by atoms with Crippen molar-refractivity contribution >= 4 is 11.9 Å². The molecular weight excluding hydrogens is 204 g/mol. The quantitative estimate of drug-likeness (QED) is 0.749. The lowest BCUT2D eigenvalue weighted by molar-refractivity contribution is -0.120. The first-order valence-corrected chi connectivity index (χ1v) is 5.11. The summed E-state index contributed by atoms with van der Waals surface area (Å²) in [5.41, 5.74) is 0.969. The zero-order valence-electron chi connectivity index (χ0n) is 9.34. The van der Waals surface area contributed by atoms with E-state index in [4.69, 9.17) is 0 Å². The normalized spacial score (nSPS) is 20.0. The van der Waals surface area contributed by atoms with Gasteiger partial charge in [0.15, 0.2) is 0 Å². The van der Waals surface area contributed by atoms with Gasteiger partial charge in [-0.3, -0.25) is 15.1 Å². The van der Waals surface area contributed by atoms with Crippen molar-refractivity contribution in [2.45, 2.75) is 12.5 Å². The van der Waals surface area contributed by atoms with E-state index in [0.717, 1.165) is 5.56 Å². The fourth-order valence-corrected chi connectivity index (χ4v) is 1.57. The van der Waals surface area contributed by atoms with Gasteiger partial charge >= 0.3 is 0 Å². The van der Waals surface area contributed by atoms with Crippen LogP contribution in [-0.4, -0.2) is 35.8 Å². The van der Waals surface area contributed by atoms with Gasteiger partial charge in [0.1, 0.15) is 0 Å². The van der Waals surface area contributed by atoms with Crippen LogP contribution in [0.5, 0.6) is 0 Å². The van der Waals surface area contributed by atoms with E-state index in [1.54, 1.807) is 17.3 Å². The predicted molar refractivity (Wildman–Crippen MR) is 60.9 cm³/mol. The van der Waals surface area contributed by atoms with Gasteiger partial charge in [-0.1, -0.05) is 6.07 Å². The Labute approximate surface area is 94.2 Å². The molecule has 0 saturated carbocycles. The van der Waals surface area contributed by atoms with Gasteiger partial charge in [-0.2, -0.15) is 0 Å². The van der Waals surface area contributed by atoms with Gasteiger partial charge < -0.3 is 4.90 Å². The van der Waals surface area contributed by atoms with Crippen molar-refractivity contribution in [1.29, 1.82) is 0 Å². The number of nitrogens with one attached hydrogen (secondary N) is 1. The molecule has 2 rings (SSSR count). The molecule has 16 heavy (non-hydrogen) atoms. The Morgan fingerprint density at radius 3 is 2.94 bits per heavy atom. The lowest BCUT2D eigenvalue weighted by atomic mass is 10.1. The summed E-state index contributed by atoms with van der Waals surface area (Å²) in [6, 6.07) is 3.67. The van der Waals surface area contributed by atoms with Crippen LogP contribution in [0, 0.1) is 0 Å². The van der Waals surface area contributed by atoms with Crippen molar-refractivity contribution in [3.8, 4) is 0 Å². The molecule has 5 nitrogen and oxygen atoms in total. The molecule has 0 bridgehead atoms. The number of amides is 1. The molecule has 1 aromatic heterocycles. The average molecular weight is 218 g/mol. The lowest BCUT2D eigenvalue weighted by Crippen LogP contribution is -2.43. The standard InChI is InChI=1S/C11H14N4O/c1-15(2)11-13-9(6-10(16)14-11)8-4-3-5-12-7-8/h3-5,7,9H,6H2,1-2H3,(H,13,14,16). The Bertz CT molecular complexity index is 413. The SMILES string of the molecule is CN(C)C1=NC(c2cccnc2)CC(=O)N1. The van der Waals surface area contributed by atoms with Crippen LogP contribution >= 0.6 is 0 Å². The summed E-state index contributed by atoms with van der Waals surface area (Å²) >= 11 is 0. The topological polar surface area (TPSA) is 57.6 Å². The van der Waals surface area contributed by atoms with Gasteiger partial charge in [-0.25, -0.2) is 4.99 Å². The largest absolute Gasteiger partial charge is 0.349 e. The summed E-state index contributed by atoms with van der Waals surface area (Å²) in [7, 11) is 3.70. The molecule has 0 fully saturated rings. The van der Waals surface area contributed by atoms with Crippen LogP contribution in [0.2, 0.25) is 0 Å². The fourth-order valence-electron chi connectivity index (χ4n) is 1.57. The monoisotopic (exact) mass is 218 g/mol. The van der Waals surface area contributed by atoms with E-state index < -0.39 is 0 Å². The maximum absolute atomic E-state index is 11.5. The van der Waals surface area contributed by atoms with E-state index in [0.29, 0.717) is 12.4 Å². The summed E-state index contributed by atoms with van der Waals surface area (Å²) in [5.74, 6) is 0.595. The number of carbonyl (C=O) groups excluding carboxylic acids is 1. The maximum Gasteiger partial charge on any atom is 0.229 e. The third-order valence-corrected chi connectivity index (χ3v) is 2.40. The molecule has 1 N–H and O–H groups in total. The van der Waals surface area contributed by atoms with E-state index in [-0.39, 0.29) is 11.9 Å². The van der Waals surface area contributed by atoms with Crippen molar-refractivity contribution in [2.24, 2.45) is 4.99 Å². The molecule has 84 valence electrons.